The summed E-state index contributed by atoms with van der Waals surface area (Å²) >= 11 is 0. The van der Waals surface area contributed by atoms with E-state index in [1.54, 1.807) is 0 Å². The van der Waals surface area contributed by atoms with Crippen molar-refractivity contribution in [3.05, 3.63) is 59.3 Å². The second-order valence-electron chi connectivity index (χ2n) is 5.94. The maximum atomic E-state index is 12.3. The van der Waals surface area contributed by atoms with Gasteiger partial charge in [-0.25, -0.2) is 0 Å². The summed E-state index contributed by atoms with van der Waals surface area (Å²) in [5.74, 6) is -0.550. The monoisotopic (exact) mass is 308 g/mol. The summed E-state index contributed by atoms with van der Waals surface area (Å²) in [6, 6.07) is 12.1. The van der Waals surface area contributed by atoms with Gasteiger partial charge in [0.15, 0.2) is 0 Å². The second-order valence-corrected chi connectivity index (χ2v) is 5.94. The van der Waals surface area contributed by atoms with Crippen LogP contribution in [-0.2, 0) is 12.8 Å². The maximum absolute atomic E-state index is 12.3. The molecule has 23 heavy (non-hydrogen) atoms. The van der Waals surface area contributed by atoms with Gasteiger partial charge < -0.3 is 20.5 Å². The number of H-pyrrole nitrogens is 1. The van der Waals surface area contributed by atoms with E-state index in [4.69, 9.17) is 0 Å². The average molecular weight is 308 g/mol. The fourth-order valence-corrected chi connectivity index (χ4v) is 3.33. The van der Waals surface area contributed by atoms with Crippen LogP contribution in [-0.4, -0.2) is 27.1 Å². The maximum Gasteiger partial charge on any atom is 0.251 e. The first-order chi connectivity index (χ1) is 11.1. The minimum absolute atomic E-state index is 0.0119. The number of para-hydroxylation sites is 1. The molecule has 1 aliphatic carbocycles. The molecule has 1 unspecified atom stereocenters. The Balaban J connectivity index is 1.53. The molecule has 2 aromatic carbocycles. The predicted molar refractivity (Wildman–Crippen MR) is 86.7 cm³/mol. The average Bonchev–Trinajstić information content (AvgIpc) is 3.03. The number of carbonyl (C=O) groups is 1. The Labute approximate surface area is 132 Å². The normalized spacial score (nSPS) is 16.4. The van der Waals surface area contributed by atoms with Crippen LogP contribution in [0.4, 0.5) is 0 Å². The number of phenolic OH excluding ortho intramolecular Hbond substituents is 2. The number of fused-ring (bicyclic) bond motifs is 3. The molecular formula is C18H16N2O3. The third-order valence-electron chi connectivity index (χ3n) is 4.30. The number of nitrogens with one attached hydrogen (secondary N) is 2. The van der Waals surface area contributed by atoms with Gasteiger partial charge in [0.25, 0.3) is 5.91 Å². The van der Waals surface area contributed by atoms with E-state index in [2.05, 4.69) is 22.4 Å². The van der Waals surface area contributed by atoms with Crippen molar-refractivity contribution in [1.82, 2.24) is 10.3 Å². The zero-order chi connectivity index (χ0) is 16.0. The molecule has 116 valence electrons. The van der Waals surface area contributed by atoms with E-state index in [-0.39, 0.29) is 29.0 Å². The zero-order valence-corrected chi connectivity index (χ0v) is 12.3. The number of hydrogen-bond acceptors (Lipinski definition) is 3. The SMILES string of the molecule is O=C(NC1Cc2[nH]c3ccccc3c2C1)c1cc(O)cc(O)c1. The lowest BCUT2D eigenvalue weighted by Crippen LogP contribution is -2.35. The molecule has 0 fully saturated rings. The molecule has 1 amide bonds. The van der Waals surface area contributed by atoms with E-state index in [9.17, 15) is 15.0 Å². The molecule has 5 heteroatoms. The quantitative estimate of drug-likeness (QED) is 0.587. The van der Waals surface area contributed by atoms with E-state index in [1.165, 1.54) is 29.1 Å². The highest BCUT2D eigenvalue weighted by Crippen LogP contribution is 2.30. The fraction of sp³-hybridized carbons (Fsp3) is 0.167. The van der Waals surface area contributed by atoms with Crippen LogP contribution in [0.5, 0.6) is 11.5 Å². The van der Waals surface area contributed by atoms with Crippen LogP contribution in [0.2, 0.25) is 0 Å². The molecule has 0 saturated heterocycles. The first-order valence-electron chi connectivity index (χ1n) is 7.52. The Morgan fingerprint density at radius 1 is 1.09 bits per heavy atom. The first-order valence-corrected chi connectivity index (χ1v) is 7.52. The van der Waals surface area contributed by atoms with Crippen molar-refractivity contribution in [2.75, 3.05) is 0 Å². The summed E-state index contributed by atoms with van der Waals surface area (Å²) in [4.78, 5) is 15.7. The van der Waals surface area contributed by atoms with Crippen LogP contribution in [0.15, 0.2) is 42.5 Å². The number of phenols is 2. The van der Waals surface area contributed by atoms with Gasteiger partial charge in [-0.05, 0) is 30.2 Å². The van der Waals surface area contributed by atoms with Crippen LogP contribution in [0.25, 0.3) is 10.9 Å². The topological polar surface area (TPSA) is 85.4 Å². The Kier molecular flexibility index (Phi) is 3.01. The molecule has 1 aromatic heterocycles. The highest BCUT2D eigenvalue weighted by molar-refractivity contribution is 5.95. The number of aromatic amines is 1. The third kappa shape index (κ3) is 2.40. The minimum atomic E-state index is -0.296. The van der Waals surface area contributed by atoms with Crippen molar-refractivity contribution in [3.8, 4) is 11.5 Å². The van der Waals surface area contributed by atoms with E-state index >= 15 is 0 Å². The van der Waals surface area contributed by atoms with Gasteiger partial charge in [-0.2, -0.15) is 0 Å². The van der Waals surface area contributed by atoms with Crippen molar-refractivity contribution in [2.24, 2.45) is 0 Å². The lowest BCUT2D eigenvalue weighted by molar-refractivity contribution is 0.0937. The standard InChI is InChI=1S/C18H16N2O3/c21-12-5-10(6-13(22)9-12)18(23)19-11-7-15-14-3-1-2-4-16(14)20-17(15)8-11/h1-6,9,11,20-22H,7-8H2,(H,19,23). The van der Waals surface area contributed by atoms with Gasteiger partial charge in [-0.15, -0.1) is 0 Å². The van der Waals surface area contributed by atoms with E-state index in [0.717, 1.165) is 24.1 Å². The molecule has 1 aliphatic rings. The highest BCUT2D eigenvalue weighted by Gasteiger charge is 2.26. The number of rotatable bonds is 2. The van der Waals surface area contributed by atoms with Gasteiger partial charge in [-0.3, -0.25) is 4.79 Å². The molecule has 4 N–H and O–H groups in total. The molecule has 0 spiro atoms. The number of aromatic hydroxyl groups is 2. The van der Waals surface area contributed by atoms with Crippen LogP contribution < -0.4 is 5.32 Å². The van der Waals surface area contributed by atoms with E-state index < -0.39 is 0 Å². The molecular weight excluding hydrogens is 292 g/mol. The molecule has 0 bridgehead atoms. The third-order valence-corrected chi connectivity index (χ3v) is 4.30. The zero-order valence-electron chi connectivity index (χ0n) is 12.3. The Hall–Kier alpha value is -2.95. The molecule has 0 aliphatic heterocycles. The lowest BCUT2D eigenvalue weighted by atomic mass is 10.1. The first kappa shape index (κ1) is 13.7. The summed E-state index contributed by atoms with van der Waals surface area (Å²) < 4.78 is 0. The Bertz CT molecular complexity index is 894. The number of hydrogen-bond donors (Lipinski definition) is 4. The number of amides is 1. The van der Waals surface area contributed by atoms with Gasteiger partial charge in [-0.1, -0.05) is 18.2 Å². The molecule has 4 rings (SSSR count). The summed E-state index contributed by atoms with van der Waals surface area (Å²) in [6.07, 6.45) is 1.52. The van der Waals surface area contributed by atoms with Crippen molar-refractivity contribution in [1.29, 1.82) is 0 Å². The van der Waals surface area contributed by atoms with Gasteiger partial charge in [0.05, 0.1) is 0 Å². The van der Waals surface area contributed by atoms with Gasteiger partial charge in [0.2, 0.25) is 0 Å². The van der Waals surface area contributed by atoms with Crippen molar-refractivity contribution in [2.45, 2.75) is 18.9 Å². The summed E-state index contributed by atoms with van der Waals surface area (Å²) in [6.45, 7) is 0. The molecule has 3 aromatic rings. The molecule has 5 nitrogen and oxygen atoms in total. The molecule has 0 saturated carbocycles. The number of benzene rings is 2. The van der Waals surface area contributed by atoms with Crippen molar-refractivity contribution >= 4 is 16.8 Å². The van der Waals surface area contributed by atoms with Crippen LogP contribution >= 0.6 is 0 Å². The Morgan fingerprint density at radius 2 is 1.83 bits per heavy atom. The van der Waals surface area contributed by atoms with Crippen LogP contribution in [0.1, 0.15) is 21.6 Å². The minimum Gasteiger partial charge on any atom is -0.508 e. The smallest absolute Gasteiger partial charge is 0.251 e. The number of aromatic nitrogens is 1. The second kappa shape index (κ2) is 5.05. The Morgan fingerprint density at radius 3 is 2.61 bits per heavy atom. The van der Waals surface area contributed by atoms with Gasteiger partial charge >= 0.3 is 0 Å². The molecule has 1 heterocycles. The van der Waals surface area contributed by atoms with E-state index in [1.807, 2.05) is 12.1 Å². The predicted octanol–water partition coefficient (Wildman–Crippen LogP) is 2.48. The van der Waals surface area contributed by atoms with Gasteiger partial charge in [0.1, 0.15) is 11.5 Å². The highest BCUT2D eigenvalue weighted by atomic mass is 16.3. The van der Waals surface area contributed by atoms with Crippen molar-refractivity contribution in [3.63, 3.8) is 0 Å². The van der Waals surface area contributed by atoms with Gasteiger partial charge in [0, 0.05) is 40.7 Å². The molecule has 0 radical (unpaired) electrons. The fourth-order valence-electron chi connectivity index (χ4n) is 3.33. The lowest BCUT2D eigenvalue weighted by Gasteiger charge is -2.13. The number of carbonyl (C=O) groups excluding carboxylic acids is 1. The van der Waals surface area contributed by atoms with E-state index in [0.29, 0.717) is 0 Å². The molecule has 1 atom stereocenters. The summed E-state index contributed by atoms with van der Waals surface area (Å²) in [5, 5.41) is 23.1. The van der Waals surface area contributed by atoms with Crippen LogP contribution in [0, 0.1) is 0 Å². The van der Waals surface area contributed by atoms with Crippen LogP contribution in [0.3, 0.4) is 0 Å². The summed E-state index contributed by atoms with van der Waals surface area (Å²) in [7, 11) is 0. The summed E-state index contributed by atoms with van der Waals surface area (Å²) in [5.41, 5.74) is 3.79. The largest absolute Gasteiger partial charge is 0.508 e. The van der Waals surface area contributed by atoms with Crippen molar-refractivity contribution < 1.29 is 15.0 Å².